The van der Waals surface area contributed by atoms with Gasteiger partial charge in [0, 0.05) is 23.9 Å². The summed E-state index contributed by atoms with van der Waals surface area (Å²) in [6.45, 7) is 8.13. The Kier molecular flexibility index (Phi) is 5.04. The summed E-state index contributed by atoms with van der Waals surface area (Å²) >= 11 is 0. The third-order valence-corrected chi connectivity index (χ3v) is 5.24. The van der Waals surface area contributed by atoms with Crippen molar-refractivity contribution in [3.8, 4) is 5.75 Å². The van der Waals surface area contributed by atoms with Crippen LogP contribution in [0.5, 0.6) is 5.75 Å². The molecule has 0 spiro atoms. The van der Waals surface area contributed by atoms with E-state index < -0.39 is 5.41 Å². The molecule has 0 atom stereocenters. The maximum atomic E-state index is 12.9. The van der Waals surface area contributed by atoms with E-state index in [4.69, 9.17) is 4.74 Å². The molecule has 152 valence electrons. The van der Waals surface area contributed by atoms with Gasteiger partial charge in [-0.05, 0) is 48.9 Å². The lowest BCUT2D eigenvalue weighted by Crippen LogP contribution is -2.42. The number of ether oxygens (including phenoxy) is 1. The summed E-state index contributed by atoms with van der Waals surface area (Å²) in [5.41, 5.74) is 1.21. The molecule has 0 saturated heterocycles. The third-order valence-electron chi connectivity index (χ3n) is 5.24. The number of hydrogen-bond acceptors (Lipinski definition) is 3. The zero-order valence-corrected chi connectivity index (χ0v) is 17.1. The summed E-state index contributed by atoms with van der Waals surface area (Å²) in [7, 11) is 0. The molecular formula is C25H24N2O3. The molecule has 0 aromatic heterocycles. The summed E-state index contributed by atoms with van der Waals surface area (Å²) in [4.78, 5) is 27.4. The van der Waals surface area contributed by atoms with Gasteiger partial charge in [0.1, 0.15) is 12.4 Å². The van der Waals surface area contributed by atoms with E-state index in [2.05, 4.69) is 11.9 Å². The smallest absolute Gasteiger partial charge is 0.255 e. The van der Waals surface area contributed by atoms with Crippen LogP contribution in [-0.4, -0.2) is 25.0 Å². The minimum atomic E-state index is -0.656. The first kappa shape index (κ1) is 19.7. The number of fused-ring (bicyclic) bond motifs is 2. The van der Waals surface area contributed by atoms with Crippen LogP contribution in [0.4, 0.5) is 11.4 Å². The van der Waals surface area contributed by atoms with Gasteiger partial charge in [0.15, 0.2) is 0 Å². The second-order valence-electron chi connectivity index (χ2n) is 8.08. The average molecular weight is 400 g/mol. The predicted octanol–water partition coefficient (Wildman–Crippen LogP) is 5.03. The number of nitrogens with one attached hydrogen (secondary N) is 1. The fraction of sp³-hybridized carbons (Fsp3) is 0.200. The first-order valence-corrected chi connectivity index (χ1v) is 9.89. The number of amides is 2. The van der Waals surface area contributed by atoms with Crippen molar-refractivity contribution >= 4 is 34.0 Å². The Morgan fingerprint density at radius 1 is 1.13 bits per heavy atom. The van der Waals surface area contributed by atoms with Crippen molar-refractivity contribution in [3.63, 3.8) is 0 Å². The molecule has 4 rings (SSSR count). The van der Waals surface area contributed by atoms with Crippen LogP contribution in [0.25, 0.3) is 10.8 Å². The molecule has 1 heterocycles. The van der Waals surface area contributed by atoms with Gasteiger partial charge < -0.3 is 15.0 Å². The average Bonchev–Trinajstić information content (AvgIpc) is 2.84. The Balaban J connectivity index is 1.62. The molecule has 30 heavy (non-hydrogen) atoms. The molecule has 1 N–H and O–H groups in total. The molecule has 0 fully saturated rings. The van der Waals surface area contributed by atoms with Gasteiger partial charge in [-0.2, -0.15) is 0 Å². The van der Waals surface area contributed by atoms with Crippen LogP contribution in [0.1, 0.15) is 24.2 Å². The molecule has 5 nitrogen and oxygen atoms in total. The van der Waals surface area contributed by atoms with Crippen molar-refractivity contribution in [1.29, 1.82) is 0 Å². The van der Waals surface area contributed by atoms with Crippen molar-refractivity contribution in [1.82, 2.24) is 0 Å². The Labute approximate surface area is 176 Å². The maximum absolute atomic E-state index is 12.9. The number of anilines is 2. The molecule has 3 aromatic rings. The van der Waals surface area contributed by atoms with Crippen molar-refractivity contribution in [2.75, 3.05) is 23.4 Å². The van der Waals surface area contributed by atoms with Gasteiger partial charge in [0.2, 0.25) is 5.91 Å². The molecular weight excluding hydrogens is 376 g/mol. The highest BCUT2D eigenvalue weighted by molar-refractivity contribution is 6.07. The number of benzene rings is 3. The Morgan fingerprint density at radius 3 is 2.67 bits per heavy atom. The lowest BCUT2D eigenvalue weighted by molar-refractivity contribution is -0.127. The quantitative estimate of drug-likeness (QED) is 0.625. The Bertz CT molecular complexity index is 1150. The van der Waals surface area contributed by atoms with E-state index in [9.17, 15) is 9.59 Å². The second-order valence-corrected chi connectivity index (χ2v) is 8.08. The van der Waals surface area contributed by atoms with Crippen LogP contribution < -0.4 is 15.0 Å². The summed E-state index contributed by atoms with van der Waals surface area (Å²) < 4.78 is 5.95. The number of nitrogens with zero attached hydrogens (tertiary/aromatic N) is 1. The molecule has 0 radical (unpaired) electrons. The summed E-state index contributed by atoms with van der Waals surface area (Å²) in [5.74, 6) is 0.342. The van der Waals surface area contributed by atoms with E-state index in [1.807, 2.05) is 56.3 Å². The van der Waals surface area contributed by atoms with Crippen LogP contribution >= 0.6 is 0 Å². The lowest BCUT2D eigenvalue weighted by atomic mass is 9.93. The predicted molar refractivity (Wildman–Crippen MR) is 120 cm³/mol. The third kappa shape index (κ3) is 3.66. The van der Waals surface area contributed by atoms with Crippen LogP contribution in [0.15, 0.2) is 73.3 Å². The fourth-order valence-corrected chi connectivity index (χ4v) is 3.57. The van der Waals surface area contributed by atoms with Crippen LogP contribution in [-0.2, 0) is 4.79 Å². The minimum absolute atomic E-state index is 0.0194. The number of hydrogen-bond donors (Lipinski definition) is 1. The molecule has 3 aromatic carbocycles. The topological polar surface area (TPSA) is 58.6 Å². The number of carbonyl (C=O) groups is 2. The molecule has 1 aliphatic heterocycles. The molecule has 0 bridgehead atoms. The van der Waals surface area contributed by atoms with Crippen LogP contribution in [0.3, 0.4) is 0 Å². The Morgan fingerprint density at radius 2 is 1.90 bits per heavy atom. The summed E-state index contributed by atoms with van der Waals surface area (Å²) in [5, 5.41) is 5.03. The molecule has 0 unspecified atom stereocenters. The van der Waals surface area contributed by atoms with E-state index in [-0.39, 0.29) is 18.4 Å². The van der Waals surface area contributed by atoms with E-state index in [0.717, 1.165) is 10.8 Å². The molecule has 0 aliphatic carbocycles. The van der Waals surface area contributed by atoms with Gasteiger partial charge in [-0.15, -0.1) is 6.58 Å². The summed E-state index contributed by atoms with van der Waals surface area (Å²) in [6, 6.07) is 18.9. The standard InChI is InChI=1S/C25H24N2O3/c1-4-13-27-21-12-11-20(15-22(21)30-16-25(2,3)24(27)29)26-23(28)19-10-9-17-7-5-6-8-18(17)14-19/h4-12,14-15H,1,13,16H2,2-3H3,(H,26,28). The van der Waals surface area contributed by atoms with Crippen LogP contribution in [0, 0.1) is 5.41 Å². The summed E-state index contributed by atoms with van der Waals surface area (Å²) in [6.07, 6.45) is 1.69. The van der Waals surface area contributed by atoms with Gasteiger partial charge in [-0.3, -0.25) is 9.59 Å². The Hall–Kier alpha value is -3.60. The van der Waals surface area contributed by atoms with Crippen LogP contribution in [0.2, 0.25) is 0 Å². The first-order valence-electron chi connectivity index (χ1n) is 9.89. The molecule has 0 saturated carbocycles. The van der Waals surface area contributed by atoms with Gasteiger partial charge in [0.25, 0.3) is 5.91 Å². The zero-order valence-electron chi connectivity index (χ0n) is 17.1. The molecule has 2 amide bonds. The zero-order chi connectivity index (χ0) is 21.3. The van der Waals surface area contributed by atoms with Gasteiger partial charge in [-0.25, -0.2) is 0 Å². The first-order chi connectivity index (χ1) is 14.4. The van der Waals surface area contributed by atoms with Gasteiger partial charge in [0.05, 0.1) is 11.1 Å². The fourth-order valence-electron chi connectivity index (χ4n) is 3.57. The second kappa shape index (κ2) is 7.67. The lowest BCUT2D eigenvalue weighted by Gasteiger charge is -2.27. The maximum Gasteiger partial charge on any atom is 0.255 e. The number of rotatable bonds is 4. The van der Waals surface area contributed by atoms with E-state index in [0.29, 0.717) is 29.2 Å². The molecule has 1 aliphatic rings. The van der Waals surface area contributed by atoms with Crippen molar-refractivity contribution in [2.45, 2.75) is 13.8 Å². The minimum Gasteiger partial charge on any atom is -0.490 e. The number of carbonyl (C=O) groups excluding carboxylic acids is 2. The van der Waals surface area contributed by atoms with Crippen molar-refractivity contribution < 1.29 is 14.3 Å². The SMILES string of the molecule is C=CCN1C(=O)C(C)(C)COc2cc(NC(=O)c3ccc4ccccc4c3)ccc21. The van der Waals surface area contributed by atoms with Gasteiger partial charge >= 0.3 is 0 Å². The van der Waals surface area contributed by atoms with E-state index >= 15 is 0 Å². The normalized spacial score (nSPS) is 15.1. The van der Waals surface area contributed by atoms with Crippen molar-refractivity contribution in [2.24, 2.45) is 5.41 Å². The van der Waals surface area contributed by atoms with E-state index in [1.165, 1.54) is 0 Å². The monoisotopic (exact) mass is 400 g/mol. The van der Waals surface area contributed by atoms with Crippen molar-refractivity contribution in [3.05, 3.63) is 78.9 Å². The highest BCUT2D eigenvalue weighted by Crippen LogP contribution is 2.38. The molecule has 5 heteroatoms. The van der Waals surface area contributed by atoms with E-state index in [1.54, 1.807) is 29.2 Å². The van der Waals surface area contributed by atoms with Gasteiger partial charge in [-0.1, -0.05) is 36.4 Å². The highest BCUT2D eigenvalue weighted by atomic mass is 16.5. The highest BCUT2D eigenvalue weighted by Gasteiger charge is 2.37. The largest absolute Gasteiger partial charge is 0.490 e.